The number of halogens is 5. The number of aromatic nitrogens is 1. The molecule has 0 radical (unpaired) electrons. The van der Waals surface area contributed by atoms with E-state index in [1.54, 1.807) is 0 Å². The Morgan fingerprint density at radius 3 is 2.63 bits per heavy atom. The highest BCUT2D eigenvalue weighted by atomic mass is 35.5. The number of hydrogen-bond acceptors (Lipinski definition) is 4. The zero-order chi connectivity index (χ0) is 22.2. The summed E-state index contributed by atoms with van der Waals surface area (Å²) in [7, 11) is 1.47. The van der Waals surface area contributed by atoms with E-state index >= 15 is 0 Å². The van der Waals surface area contributed by atoms with Crippen LogP contribution in [-0.2, 0) is 11.0 Å². The van der Waals surface area contributed by atoms with Crippen molar-refractivity contribution in [1.29, 1.82) is 0 Å². The highest BCUT2D eigenvalue weighted by molar-refractivity contribution is 6.31. The van der Waals surface area contributed by atoms with Gasteiger partial charge in [0.15, 0.2) is 0 Å². The molecule has 1 saturated heterocycles. The van der Waals surface area contributed by atoms with Crippen molar-refractivity contribution in [2.45, 2.75) is 25.6 Å². The molecule has 1 aromatic heterocycles. The summed E-state index contributed by atoms with van der Waals surface area (Å²) in [6, 6.07) is 4.81. The molecule has 0 unspecified atom stereocenters. The molecule has 1 aliphatic rings. The number of carbonyl (C=O) groups is 1. The molecule has 0 spiro atoms. The first-order chi connectivity index (χ1) is 14.0. The second-order valence-corrected chi connectivity index (χ2v) is 7.71. The molecule has 10 heteroatoms. The van der Waals surface area contributed by atoms with Crippen molar-refractivity contribution in [2.75, 3.05) is 30.0 Å². The minimum atomic E-state index is -4.56. The maximum atomic E-state index is 13.4. The van der Waals surface area contributed by atoms with Crippen LogP contribution in [0.1, 0.15) is 17.7 Å². The van der Waals surface area contributed by atoms with Gasteiger partial charge in [0.05, 0.1) is 10.6 Å². The van der Waals surface area contributed by atoms with Crippen LogP contribution < -0.4 is 9.80 Å². The van der Waals surface area contributed by atoms with E-state index in [1.165, 1.54) is 35.9 Å². The summed E-state index contributed by atoms with van der Waals surface area (Å²) < 4.78 is 53.2. The largest absolute Gasteiger partial charge is 0.416 e. The highest BCUT2D eigenvalue weighted by Crippen LogP contribution is 2.35. The third-order valence-corrected chi connectivity index (χ3v) is 5.40. The minimum Gasteiger partial charge on any atom is -0.396 e. The van der Waals surface area contributed by atoms with Gasteiger partial charge in [0.25, 0.3) is 0 Å². The molecule has 1 fully saturated rings. The Morgan fingerprint density at radius 1 is 1.33 bits per heavy atom. The number of nitrogens with zero attached hydrogens (tertiary/aromatic N) is 3. The van der Waals surface area contributed by atoms with Crippen molar-refractivity contribution < 1.29 is 27.5 Å². The van der Waals surface area contributed by atoms with Crippen LogP contribution in [0.4, 0.5) is 29.1 Å². The van der Waals surface area contributed by atoms with Crippen LogP contribution in [0.25, 0.3) is 0 Å². The number of aryl methyl sites for hydroxylation is 1. The predicted octanol–water partition coefficient (Wildman–Crippen LogP) is 4.05. The highest BCUT2D eigenvalue weighted by Gasteiger charge is 2.40. The van der Waals surface area contributed by atoms with E-state index in [9.17, 15) is 27.5 Å². The number of carbonyl (C=O) groups excluding carboxylic acids is 1. The molecule has 0 aliphatic carbocycles. The number of hydrogen-bond donors (Lipinski definition) is 1. The summed E-state index contributed by atoms with van der Waals surface area (Å²) in [6.07, 6.45) is -4.31. The Bertz CT molecular complexity index is 954. The third-order valence-electron chi connectivity index (χ3n) is 5.11. The second-order valence-electron chi connectivity index (χ2n) is 7.30. The lowest BCUT2D eigenvalue weighted by atomic mass is 10.1. The fraction of sp³-hybridized carbons (Fsp3) is 0.400. The van der Waals surface area contributed by atoms with Gasteiger partial charge in [-0.2, -0.15) is 13.2 Å². The van der Waals surface area contributed by atoms with Crippen LogP contribution in [-0.4, -0.2) is 42.2 Å². The van der Waals surface area contributed by atoms with Gasteiger partial charge in [0, 0.05) is 37.5 Å². The van der Waals surface area contributed by atoms with Crippen molar-refractivity contribution in [3.8, 4) is 0 Å². The fourth-order valence-corrected chi connectivity index (χ4v) is 3.72. The van der Waals surface area contributed by atoms with Crippen molar-refractivity contribution in [3.63, 3.8) is 0 Å². The van der Waals surface area contributed by atoms with Crippen LogP contribution in [0.15, 0.2) is 30.3 Å². The first-order valence-corrected chi connectivity index (χ1v) is 9.55. The molecule has 1 N–H and O–H groups in total. The quantitative estimate of drug-likeness (QED) is 0.721. The van der Waals surface area contributed by atoms with Crippen LogP contribution in [0.3, 0.4) is 0 Å². The normalized spacial score (nSPS) is 19.3. The monoisotopic (exact) mass is 445 g/mol. The molecule has 5 nitrogen and oxygen atoms in total. The average molecular weight is 446 g/mol. The predicted molar refractivity (Wildman–Crippen MR) is 105 cm³/mol. The summed E-state index contributed by atoms with van der Waals surface area (Å²) in [6.45, 7) is 1.41. The number of pyridine rings is 1. The molecule has 2 aromatic rings. The van der Waals surface area contributed by atoms with E-state index in [0.717, 1.165) is 18.2 Å². The lowest BCUT2D eigenvalue weighted by Gasteiger charge is -2.29. The Labute approximate surface area is 175 Å². The lowest BCUT2D eigenvalue weighted by molar-refractivity contribution is -0.137. The topological polar surface area (TPSA) is 56.7 Å². The van der Waals surface area contributed by atoms with Crippen LogP contribution in [0.5, 0.6) is 0 Å². The van der Waals surface area contributed by atoms with Gasteiger partial charge in [-0.15, -0.1) is 0 Å². The van der Waals surface area contributed by atoms with Crippen LogP contribution in [0, 0.1) is 18.7 Å². The Morgan fingerprint density at radius 2 is 2.03 bits per heavy atom. The molecule has 1 amide bonds. The number of likely N-dealkylation sites (N-methyl/N-ethyl adjacent to an activating group) is 1. The van der Waals surface area contributed by atoms with Crippen molar-refractivity contribution in [2.24, 2.45) is 5.92 Å². The summed E-state index contributed by atoms with van der Waals surface area (Å²) in [5, 5.41) is 9.43. The number of anilines is 2. The first-order valence-electron chi connectivity index (χ1n) is 9.17. The molecule has 2 atom stereocenters. The standard InChI is InChI=1S/C20H20ClF4N3O2/c1-11-5-13(20(23,24)25)7-18(26-11)28-9-12(10-29)6-17(28)19(30)27(2)14-3-4-16(22)15(21)8-14/h3-5,7-8,12,17,29H,6,9-10H2,1-2H3/t12-,17-/m0/s1. The van der Waals surface area contributed by atoms with E-state index in [0.29, 0.717) is 5.69 Å². The Balaban J connectivity index is 1.95. The van der Waals surface area contributed by atoms with Gasteiger partial charge in [-0.3, -0.25) is 4.79 Å². The first kappa shape index (κ1) is 22.3. The molecule has 2 heterocycles. The molecular weight excluding hydrogens is 426 g/mol. The second kappa shape index (κ2) is 8.39. The summed E-state index contributed by atoms with van der Waals surface area (Å²) in [5.41, 5.74) is -0.355. The van der Waals surface area contributed by atoms with Crippen molar-refractivity contribution in [1.82, 2.24) is 4.98 Å². The summed E-state index contributed by atoms with van der Waals surface area (Å²) in [5.74, 6) is -1.35. The zero-order valence-corrected chi connectivity index (χ0v) is 17.0. The van der Waals surface area contributed by atoms with E-state index in [-0.39, 0.29) is 42.0 Å². The van der Waals surface area contributed by atoms with Gasteiger partial charge < -0.3 is 14.9 Å². The number of aliphatic hydroxyl groups excluding tert-OH is 1. The molecule has 0 saturated carbocycles. The number of aliphatic hydroxyl groups is 1. The number of amides is 1. The number of rotatable bonds is 4. The molecule has 0 bridgehead atoms. The van der Waals surface area contributed by atoms with E-state index in [4.69, 9.17) is 11.6 Å². The molecule has 162 valence electrons. The zero-order valence-electron chi connectivity index (χ0n) is 16.2. The van der Waals surface area contributed by atoms with Gasteiger partial charge in [-0.1, -0.05) is 11.6 Å². The fourth-order valence-electron chi connectivity index (χ4n) is 3.55. The third kappa shape index (κ3) is 4.52. The van der Waals surface area contributed by atoms with Crippen molar-refractivity contribution >= 4 is 29.0 Å². The van der Waals surface area contributed by atoms with Gasteiger partial charge >= 0.3 is 6.18 Å². The smallest absolute Gasteiger partial charge is 0.396 e. The molecule has 1 aromatic carbocycles. The van der Waals surface area contributed by atoms with Gasteiger partial charge in [-0.25, -0.2) is 9.37 Å². The van der Waals surface area contributed by atoms with Gasteiger partial charge in [0.2, 0.25) is 5.91 Å². The SMILES string of the molecule is Cc1cc(C(F)(F)F)cc(N2C[C@@H](CO)C[C@H]2C(=O)N(C)c2ccc(F)c(Cl)c2)n1. The molecule has 3 rings (SSSR count). The molecule has 1 aliphatic heterocycles. The van der Waals surface area contributed by atoms with Crippen LogP contribution >= 0.6 is 11.6 Å². The van der Waals surface area contributed by atoms with E-state index in [1.807, 2.05) is 0 Å². The maximum absolute atomic E-state index is 13.4. The lowest BCUT2D eigenvalue weighted by Crippen LogP contribution is -2.44. The Hall–Kier alpha value is -2.39. The average Bonchev–Trinajstić information content (AvgIpc) is 3.12. The molecule has 30 heavy (non-hydrogen) atoms. The minimum absolute atomic E-state index is 0.0159. The Kier molecular flexibility index (Phi) is 6.24. The molecular formula is C20H20ClF4N3O2. The van der Waals surface area contributed by atoms with E-state index < -0.39 is 29.5 Å². The van der Waals surface area contributed by atoms with Crippen LogP contribution in [0.2, 0.25) is 5.02 Å². The van der Waals surface area contributed by atoms with Gasteiger partial charge in [0.1, 0.15) is 17.7 Å². The van der Waals surface area contributed by atoms with Crippen molar-refractivity contribution in [3.05, 3.63) is 52.4 Å². The van der Waals surface area contributed by atoms with E-state index in [2.05, 4.69) is 4.98 Å². The van der Waals surface area contributed by atoms with Gasteiger partial charge in [-0.05, 0) is 43.7 Å². The summed E-state index contributed by atoms with van der Waals surface area (Å²) >= 11 is 5.80. The number of benzene rings is 1. The summed E-state index contributed by atoms with van der Waals surface area (Å²) in [4.78, 5) is 20.1. The maximum Gasteiger partial charge on any atom is 0.416 e. The number of alkyl halides is 3.